The minimum absolute atomic E-state index is 0.161. The van der Waals surface area contributed by atoms with Gasteiger partial charge in [-0.1, -0.05) is 61.9 Å². The van der Waals surface area contributed by atoms with E-state index in [0.717, 1.165) is 11.1 Å². The number of para-hydroxylation sites is 1. The van der Waals surface area contributed by atoms with Gasteiger partial charge >= 0.3 is 5.97 Å². The van der Waals surface area contributed by atoms with Gasteiger partial charge in [-0.25, -0.2) is 4.79 Å². The SMILES string of the molecule is Cc1ccc(/C=C(\C#N)C(=O)O[C@@H](C)C(=O)Nc2ccccc2C(C)C)cc1. The Kier molecular flexibility index (Phi) is 7.11. The van der Waals surface area contributed by atoms with Crippen LogP contribution in [0, 0.1) is 18.3 Å². The Labute approximate surface area is 165 Å². The van der Waals surface area contributed by atoms with E-state index in [1.54, 1.807) is 18.2 Å². The first-order valence-electron chi connectivity index (χ1n) is 9.11. The highest BCUT2D eigenvalue weighted by Crippen LogP contribution is 2.24. The van der Waals surface area contributed by atoms with Crippen molar-refractivity contribution in [3.63, 3.8) is 0 Å². The molecule has 0 aromatic heterocycles. The van der Waals surface area contributed by atoms with E-state index in [4.69, 9.17) is 4.74 Å². The second kappa shape index (κ2) is 9.52. The number of carbonyl (C=O) groups is 2. The zero-order valence-electron chi connectivity index (χ0n) is 16.5. The monoisotopic (exact) mass is 376 g/mol. The van der Waals surface area contributed by atoms with Crippen LogP contribution in [0.2, 0.25) is 0 Å². The van der Waals surface area contributed by atoms with E-state index < -0.39 is 18.0 Å². The quantitative estimate of drug-likeness (QED) is 0.454. The number of anilines is 1. The van der Waals surface area contributed by atoms with Crippen LogP contribution in [0.15, 0.2) is 54.1 Å². The van der Waals surface area contributed by atoms with Crippen LogP contribution in [-0.2, 0) is 14.3 Å². The van der Waals surface area contributed by atoms with Gasteiger partial charge in [-0.05, 0) is 43.0 Å². The number of rotatable bonds is 6. The van der Waals surface area contributed by atoms with Gasteiger partial charge in [-0.3, -0.25) is 4.79 Å². The first-order chi connectivity index (χ1) is 13.3. The molecule has 2 aromatic carbocycles. The van der Waals surface area contributed by atoms with E-state index in [9.17, 15) is 14.9 Å². The van der Waals surface area contributed by atoms with Gasteiger partial charge in [0, 0.05) is 5.69 Å². The smallest absolute Gasteiger partial charge is 0.349 e. The highest BCUT2D eigenvalue weighted by molar-refractivity contribution is 6.01. The lowest BCUT2D eigenvalue weighted by Crippen LogP contribution is -2.30. The van der Waals surface area contributed by atoms with Crippen molar-refractivity contribution in [2.75, 3.05) is 5.32 Å². The molecule has 0 saturated heterocycles. The van der Waals surface area contributed by atoms with E-state index in [1.165, 1.54) is 13.0 Å². The molecule has 0 saturated carbocycles. The molecule has 2 aromatic rings. The van der Waals surface area contributed by atoms with Crippen LogP contribution in [0.1, 0.15) is 43.4 Å². The van der Waals surface area contributed by atoms with Crippen LogP contribution in [0.3, 0.4) is 0 Å². The van der Waals surface area contributed by atoms with Crippen LogP contribution in [0.5, 0.6) is 0 Å². The molecule has 0 aliphatic heterocycles. The second-order valence-electron chi connectivity index (χ2n) is 6.86. The van der Waals surface area contributed by atoms with Crippen LogP contribution < -0.4 is 5.32 Å². The molecule has 0 fully saturated rings. The molecule has 2 rings (SSSR count). The van der Waals surface area contributed by atoms with E-state index in [-0.39, 0.29) is 11.5 Å². The maximum absolute atomic E-state index is 12.4. The highest BCUT2D eigenvalue weighted by atomic mass is 16.5. The molecule has 1 atom stereocenters. The maximum Gasteiger partial charge on any atom is 0.349 e. The fourth-order valence-corrected chi connectivity index (χ4v) is 2.59. The number of nitrogens with zero attached hydrogens (tertiary/aromatic N) is 1. The average Bonchev–Trinajstić information content (AvgIpc) is 2.67. The molecule has 144 valence electrons. The predicted molar refractivity (Wildman–Crippen MR) is 109 cm³/mol. The molecule has 0 spiro atoms. The highest BCUT2D eigenvalue weighted by Gasteiger charge is 2.21. The van der Waals surface area contributed by atoms with Gasteiger partial charge in [0.2, 0.25) is 0 Å². The summed E-state index contributed by atoms with van der Waals surface area (Å²) >= 11 is 0. The van der Waals surface area contributed by atoms with Gasteiger partial charge < -0.3 is 10.1 Å². The third-order valence-corrected chi connectivity index (χ3v) is 4.22. The van der Waals surface area contributed by atoms with Gasteiger partial charge in [0.1, 0.15) is 11.6 Å². The van der Waals surface area contributed by atoms with Gasteiger partial charge in [-0.2, -0.15) is 5.26 Å². The van der Waals surface area contributed by atoms with Crippen LogP contribution >= 0.6 is 0 Å². The number of benzene rings is 2. The largest absolute Gasteiger partial charge is 0.448 e. The Hall–Kier alpha value is -3.39. The zero-order chi connectivity index (χ0) is 20.7. The summed E-state index contributed by atoms with van der Waals surface area (Å²) < 4.78 is 5.19. The third-order valence-electron chi connectivity index (χ3n) is 4.22. The molecular formula is C23H24N2O3. The van der Waals surface area contributed by atoms with Crippen molar-refractivity contribution in [3.8, 4) is 6.07 Å². The number of nitrogens with one attached hydrogen (secondary N) is 1. The fraction of sp³-hybridized carbons (Fsp3) is 0.261. The van der Waals surface area contributed by atoms with Gasteiger partial charge in [0.15, 0.2) is 6.10 Å². The standard InChI is InChI=1S/C23H24N2O3/c1-15(2)20-7-5-6-8-21(20)25-22(26)17(4)28-23(27)19(14-24)13-18-11-9-16(3)10-12-18/h5-13,15,17H,1-4H3,(H,25,26)/b19-13+/t17-/m0/s1. The molecular weight excluding hydrogens is 352 g/mol. The predicted octanol–water partition coefficient (Wildman–Crippen LogP) is 4.60. The number of carbonyl (C=O) groups excluding carboxylic acids is 2. The summed E-state index contributed by atoms with van der Waals surface area (Å²) in [6.07, 6.45) is 0.406. The summed E-state index contributed by atoms with van der Waals surface area (Å²) in [5, 5.41) is 12.1. The third kappa shape index (κ3) is 5.55. The molecule has 0 heterocycles. The van der Waals surface area contributed by atoms with Crippen molar-refractivity contribution in [1.82, 2.24) is 0 Å². The Morgan fingerprint density at radius 1 is 1.07 bits per heavy atom. The molecule has 0 bridgehead atoms. The number of ether oxygens (including phenoxy) is 1. The van der Waals surface area contributed by atoms with Crippen LogP contribution in [-0.4, -0.2) is 18.0 Å². The van der Waals surface area contributed by atoms with Crippen LogP contribution in [0.4, 0.5) is 5.69 Å². The molecule has 0 radical (unpaired) electrons. The minimum atomic E-state index is -1.04. The Balaban J connectivity index is 2.07. The zero-order valence-corrected chi connectivity index (χ0v) is 16.5. The summed E-state index contributed by atoms with van der Waals surface area (Å²) in [6, 6.07) is 16.7. The van der Waals surface area contributed by atoms with Crippen LogP contribution in [0.25, 0.3) is 6.08 Å². The van der Waals surface area contributed by atoms with Crippen molar-refractivity contribution in [1.29, 1.82) is 5.26 Å². The summed E-state index contributed by atoms with van der Waals surface area (Å²) in [6.45, 7) is 7.49. The van der Waals surface area contributed by atoms with Gasteiger partial charge in [0.25, 0.3) is 5.91 Å². The van der Waals surface area contributed by atoms with Crippen molar-refractivity contribution < 1.29 is 14.3 Å². The average molecular weight is 376 g/mol. The summed E-state index contributed by atoms with van der Waals surface area (Å²) in [4.78, 5) is 24.7. The number of aryl methyl sites for hydroxylation is 1. The van der Waals surface area contributed by atoms with Crippen molar-refractivity contribution in [3.05, 3.63) is 70.8 Å². The number of hydrogen-bond acceptors (Lipinski definition) is 4. The lowest BCUT2D eigenvalue weighted by molar-refractivity contribution is -0.148. The molecule has 5 heteroatoms. The lowest BCUT2D eigenvalue weighted by atomic mass is 10.0. The molecule has 0 aliphatic rings. The number of hydrogen-bond donors (Lipinski definition) is 1. The maximum atomic E-state index is 12.4. The van der Waals surface area contributed by atoms with E-state index in [0.29, 0.717) is 11.3 Å². The minimum Gasteiger partial charge on any atom is -0.448 e. The molecule has 1 N–H and O–H groups in total. The van der Waals surface area contributed by atoms with E-state index in [1.807, 2.05) is 57.2 Å². The Morgan fingerprint density at radius 2 is 1.71 bits per heavy atom. The molecule has 1 amide bonds. The first kappa shape index (κ1) is 20.9. The Bertz CT molecular complexity index is 922. The lowest BCUT2D eigenvalue weighted by Gasteiger charge is -2.17. The second-order valence-corrected chi connectivity index (χ2v) is 6.86. The van der Waals surface area contributed by atoms with Gasteiger partial charge in [0.05, 0.1) is 0 Å². The van der Waals surface area contributed by atoms with Crippen molar-refractivity contribution in [2.45, 2.75) is 39.7 Å². The molecule has 28 heavy (non-hydrogen) atoms. The molecule has 0 unspecified atom stereocenters. The number of esters is 1. The van der Waals surface area contributed by atoms with E-state index in [2.05, 4.69) is 5.32 Å². The summed E-state index contributed by atoms with van der Waals surface area (Å²) in [7, 11) is 0. The van der Waals surface area contributed by atoms with Crippen molar-refractivity contribution in [2.24, 2.45) is 0 Å². The van der Waals surface area contributed by atoms with Gasteiger partial charge in [-0.15, -0.1) is 0 Å². The number of amides is 1. The van der Waals surface area contributed by atoms with Crippen molar-refractivity contribution >= 4 is 23.6 Å². The number of nitriles is 1. The summed E-state index contributed by atoms with van der Waals surface area (Å²) in [5.41, 5.74) is 3.30. The Morgan fingerprint density at radius 3 is 2.32 bits per heavy atom. The topological polar surface area (TPSA) is 79.2 Å². The molecule has 0 aliphatic carbocycles. The van der Waals surface area contributed by atoms with E-state index >= 15 is 0 Å². The first-order valence-corrected chi connectivity index (χ1v) is 9.11. The fourth-order valence-electron chi connectivity index (χ4n) is 2.59. The normalized spacial score (nSPS) is 12.2. The molecule has 5 nitrogen and oxygen atoms in total. The summed E-state index contributed by atoms with van der Waals surface area (Å²) in [5.74, 6) is -1.05.